The third-order valence-corrected chi connectivity index (χ3v) is 4.34. The van der Waals surface area contributed by atoms with Crippen LogP contribution >= 0.6 is 11.6 Å². The Hall–Kier alpha value is -1.59. The molecule has 0 aliphatic rings. The van der Waals surface area contributed by atoms with Crippen LogP contribution in [0.2, 0.25) is 5.15 Å². The van der Waals surface area contributed by atoms with Crippen molar-refractivity contribution in [3.05, 3.63) is 52.8 Å². The van der Waals surface area contributed by atoms with Crippen LogP contribution in [0.1, 0.15) is 11.1 Å². The number of rotatable bonds is 3. The monoisotopic (exact) mass is 296 g/mol. The summed E-state index contributed by atoms with van der Waals surface area (Å²) >= 11 is 5.80. The zero-order chi connectivity index (χ0) is 14.0. The third-order valence-electron chi connectivity index (χ3n) is 2.57. The molecule has 100 valence electrons. The van der Waals surface area contributed by atoms with E-state index in [9.17, 15) is 8.42 Å². The molecule has 1 heterocycles. The summed E-state index contributed by atoms with van der Waals surface area (Å²) in [4.78, 5) is 4.13. The van der Waals surface area contributed by atoms with Gasteiger partial charge in [-0.2, -0.15) is 0 Å². The first-order valence-electron chi connectivity index (χ1n) is 5.60. The summed E-state index contributed by atoms with van der Waals surface area (Å²) in [6.45, 7) is 3.60. The maximum absolute atomic E-state index is 12.2. The zero-order valence-corrected chi connectivity index (χ0v) is 12.1. The minimum Gasteiger partial charge on any atom is -0.278 e. The molecule has 0 saturated heterocycles. The second kappa shape index (κ2) is 5.19. The zero-order valence-electron chi connectivity index (χ0n) is 10.5. The fourth-order valence-electron chi connectivity index (χ4n) is 1.61. The molecule has 19 heavy (non-hydrogen) atoms. The standard InChI is InChI=1S/C13H13ClN2O2S/c1-9-4-3-5-12(6-9)19(17,18)16-11-7-10(2)13(14)15-8-11/h3-8,16H,1-2H3. The van der Waals surface area contributed by atoms with Crippen molar-refractivity contribution in [2.24, 2.45) is 0 Å². The molecule has 0 saturated carbocycles. The number of aromatic nitrogens is 1. The van der Waals surface area contributed by atoms with Crippen LogP contribution in [0.4, 0.5) is 5.69 Å². The van der Waals surface area contributed by atoms with Crippen molar-refractivity contribution in [1.82, 2.24) is 4.98 Å². The van der Waals surface area contributed by atoms with Crippen LogP contribution in [0.5, 0.6) is 0 Å². The summed E-state index contributed by atoms with van der Waals surface area (Å²) < 4.78 is 26.8. The largest absolute Gasteiger partial charge is 0.278 e. The highest BCUT2D eigenvalue weighted by Crippen LogP contribution is 2.20. The molecule has 2 rings (SSSR count). The van der Waals surface area contributed by atoms with Gasteiger partial charge < -0.3 is 0 Å². The Bertz CT molecular complexity index is 714. The van der Waals surface area contributed by atoms with Crippen molar-refractivity contribution in [1.29, 1.82) is 0 Å². The molecule has 4 nitrogen and oxygen atoms in total. The number of hydrogen-bond acceptors (Lipinski definition) is 3. The van der Waals surface area contributed by atoms with Crippen LogP contribution in [0.15, 0.2) is 41.4 Å². The number of halogens is 1. The molecule has 0 aliphatic carbocycles. The average Bonchev–Trinajstić information content (AvgIpc) is 2.33. The topological polar surface area (TPSA) is 59.1 Å². The van der Waals surface area contributed by atoms with Gasteiger partial charge in [0.05, 0.1) is 16.8 Å². The van der Waals surface area contributed by atoms with Crippen molar-refractivity contribution < 1.29 is 8.42 Å². The van der Waals surface area contributed by atoms with Gasteiger partial charge in [-0.15, -0.1) is 0 Å². The van der Waals surface area contributed by atoms with Crippen LogP contribution in [0.3, 0.4) is 0 Å². The number of benzene rings is 1. The van der Waals surface area contributed by atoms with E-state index in [4.69, 9.17) is 11.6 Å². The van der Waals surface area contributed by atoms with Crippen molar-refractivity contribution in [2.75, 3.05) is 4.72 Å². The minimum atomic E-state index is -3.60. The van der Waals surface area contributed by atoms with Crippen LogP contribution < -0.4 is 4.72 Å². The molecule has 1 N–H and O–H groups in total. The van der Waals surface area contributed by atoms with E-state index < -0.39 is 10.0 Å². The first-order valence-corrected chi connectivity index (χ1v) is 7.46. The number of aryl methyl sites for hydroxylation is 2. The van der Waals surface area contributed by atoms with Crippen molar-refractivity contribution in [2.45, 2.75) is 18.7 Å². The van der Waals surface area contributed by atoms with Gasteiger partial charge in [-0.05, 0) is 43.2 Å². The molecule has 0 atom stereocenters. The van der Waals surface area contributed by atoms with E-state index in [1.807, 2.05) is 13.0 Å². The second-order valence-electron chi connectivity index (χ2n) is 4.25. The van der Waals surface area contributed by atoms with E-state index in [1.54, 1.807) is 31.2 Å². The lowest BCUT2D eigenvalue weighted by atomic mass is 10.2. The lowest BCUT2D eigenvalue weighted by Crippen LogP contribution is -2.13. The summed E-state index contributed by atoms with van der Waals surface area (Å²) in [7, 11) is -3.60. The van der Waals surface area contributed by atoms with Crippen LogP contribution in [-0.4, -0.2) is 13.4 Å². The van der Waals surface area contributed by atoms with E-state index in [1.165, 1.54) is 6.20 Å². The highest BCUT2D eigenvalue weighted by molar-refractivity contribution is 7.92. The summed E-state index contributed by atoms with van der Waals surface area (Å²) in [6.07, 6.45) is 1.39. The van der Waals surface area contributed by atoms with Gasteiger partial charge in [0.2, 0.25) is 0 Å². The molecule has 0 bridgehead atoms. The highest BCUT2D eigenvalue weighted by atomic mass is 35.5. The van der Waals surface area contributed by atoms with Crippen LogP contribution in [-0.2, 0) is 10.0 Å². The summed E-state index contributed by atoms with van der Waals surface area (Å²) in [5.74, 6) is 0. The molecule has 0 fully saturated rings. The highest BCUT2D eigenvalue weighted by Gasteiger charge is 2.14. The normalized spacial score (nSPS) is 11.3. The second-order valence-corrected chi connectivity index (χ2v) is 6.29. The van der Waals surface area contributed by atoms with E-state index in [2.05, 4.69) is 9.71 Å². The minimum absolute atomic E-state index is 0.222. The Kier molecular flexibility index (Phi) is 3.78. The van der Waals surface area contributed by atoms with Crippen LogP contribution in [0.25, 0.3) is 0 Å². The summed E-state index contributed by atoms with van der Waals surface area (Å²) in [5.41, 5.74) is 1.99. The molecular formula is C13H13ClN2O2S. The van der Waals surface area contributed by atoms with Gasteiger partial charge in [0, 0.05) is 0 Å². The lowest BCUT2D eigenvalue weighted by Gasteiger charge is -2.09. The predicted octanol–water partition coefficient (Wildman–Crippen LogP) is 3.15. The first-order chi connectivity index (χ1) is 8.88. The van der Waals surface area contributed by atoms with Crippen molar-refractivity contribution >= 4 is 27.3 Å². The molecule has 0 radical (unpaired) electrons. The third kappa shape index (κ3) is 3.24. The van der Waals surface area contributed by atoms with Gasteiger partial charge in [-0.25, -0.2) is 13.4 Å². The molecule has 0 spiro atoms. The predicted molar refractivity (Wildman–Crippen MR) is 76.0 cm³/mol. The van der Waals surface area contributed by atoms with Crippen molar-refractivity contribution in [3.8, 4) is 0 Å². The van der Waals surface area contributed by atoms with Gasteiger partial charge >= 0.3 is 0 Å². The Morgan fingerprint density at radius 2 is 1.95 bits per heavy atom. The number of sulfonamides is 1. The van der Waals surface area contributed by atoms with Gasteiger partial charge in [0.25, 0.3) is 10.0 Å². The maximum Gasteiger partial charge on any atom is 0.261 e. The number of pyridine rings is 1. The molecule has 0 amide bonds. The van der Waals surface area contributed by atoms with E-state index >= 15 is 0 Å². The average molecular weight is 297 g/mol. The SMILES string of the molecule is Cc1cccc(S(=O)(=O)Nc2cnc(Cl)c(C)c2)c1. The Morgan fingerprint density at radius 1 is 1.21 bits per heavy atom. The molecule has 1 aromatic heterocycles. The molecule has 0 unspecified atom stereocenters. The lowest BCUT2D eigenvalue weighted by molar-refractivity contribution is 0.601. The van der Waals surface area contributed by atoms with Gasteiger partial charge in [0.15, 0.2) is 0 Å². The number of nitrogens with zero attached hydrogens (tertiary/aromatic N) is 1. The summed E-state index contributed by atoms with van der Waals surface area (Å²) in [6, 6.07) is 8.34. The maximum atomic E-state index is 12.2. The fourth-order valence-corrected chi connectivity index (χ4v) is 2.85. The van der Waals surface area contributed by atoms with Gasteiger partial charge in [-0.1, -0.05) is 23.7 Å². The Labute approximate surface area is 117 Å². The number of nitrogens with one attached hydrogen (secondary N) is 1. The molecule has 0 aliphatic heterocycles. The number of anilines is 1. The fraction of sp³-hybridized carbons (Fsp3) is 0.154. The molecule has 6 heteroatoms. The van der Waals surface area contributed by atoms with Crippen LogP contribution in [0, 0.1) is 13.8 Å². The Balaban J connectivity index is 2.33. The molecule has 2 aromatic rings. The Morgan fingerprint density at radius 3 is 2.58 bits per heavy atom. The van der Waals surface area contributed by atoms with Gasteiger partial charge in [0.1, 0.15) is 5.15 Å². The van der Waals surface area contributed by atoms with Gasteiger partial charge in [-0.3, -0.25) is 4.72 Å². The quantitative estimate of drug-likeness (QED) is 0.885. The van der Waals surface area contributed by atoms with Crippen molar-refractivity contribution in [3.63, 3.8) is 0 Å². The molecular weight excluding hydrogens is 284 g/mol. The van der Waals surface area contributed by atoms with E-state index in [-0.39, 0.29) is 4.90 Å². The van der Waals surface area contributed by atoms with E-state index in [0.29, 0.717) is 16.4 Å². The first kappa shape index (κ1) is 13.8. The van der Waals surface area contributed by atoms with E-state index in [0.717, 1.165) is 5.56 Å². The molecule has 1 aromatic carbocycles. The summed E-state index contributed by atoms with van der Waals surface area (Å²) in [5, 5.41) is 0.360. The number of hydrogen-bond donors (Lipinski definition) is 1. The smallest absolute Gasteiger partial charge is 0.261 e.